The maximum Gasteiger partial charge on any atom is 0.0206 e. The Hall–Kier alpha value is -1.16. The lowest BCUT2D eigenvalue weighted by Gasteiger charge is -2.24. The van der Waals surface area contributed by atoms with Gasteiger partial charge in [-0.25, -0.2) is 0 Å². The average molecular weight is 288 g/mol. The van der Waals surface area contributed by atoms with Crippen molar-refractivity contribution in [2.45, 2.75) is 25.9 Å². The van der Waals surface area contributed by atoms with Crippen molar-refractivity contribution in [2.75, 3.05) is 20.1 Å². The zero-order valence-corrected chi connectivity index (χ0v) is 13.2. The maximum atomic E-state index is 3.51. The Labute approximate surface area is 126 Å². The van der Waals surface area contributed by atoms with E-state index < -0.39 is 0 Å². The standard InChI is InChI=1S/C17H24N2S/c1-15(13-17-9-6-12-20-17)19(2)11-10-18-14-16-7-4-3-5-8-16/h3-9,12,15,18H,10-11,13-14H2,1-2H3. The summed E-state index contributed by atoms with van der Waals surface area (Å²) in [4.78, 5) is 3.90. The molecule has 0 saturated carbocycles. The third kappa shape index (κ3) is 5.08. The van der Waals surface area contributed by atoms with Crippen LogP contribution in [-0.2, 0) is 13.0 Å². The lowest BCUT2D eigenvalue weighted by atomic mass is 10.2. The second-order valence-electron chi connectivity index (χ2n) is 5.28. The molecule has 1 aromatic carbocycles. The monoisotopic (exact) mass is 288 g/mol. The van der Waals surface area contributed by atoms with Gasteiger partial charge in [-0.3, -0.25) is 0 Å². The van der Waals surface area contributed by atoms with Crippen molar-refractivity contribution >= 4 is 11.3 Å². The molecule has 2 aromatic rings. The van der Waals surface area contributed by atoms with Crippen LogP contribution in [-0.4, -0.2) is 31.1 Å². The number of thiophene rings is 1. The number of hydrogen-bond acceptors (Lipinski definition) is 3. The second kappa shape index (κ2) is 8.20. The van der Waals surface area contributed by atoms with E-state index in [1.165, 1.54) is 10.4 Å². The molecule has 1 unspecified atom stereocenters. The predicted molar refractivity (Wildman–Crippen MR) is 88.3 cm³/mol. The first-order chi connectivity index (χ1) is 9.75. The van der Waals surface area contributed by atoms with Crippen molar-refractivity contribution in [1.29, 1.82) is 0 Å². The van der Waals surface area contributed by atoms with E-state index in [-0.39, 0.29) is 0 Å². The first-order valence-corrected chi connectivity index (χ1v) is 8.11. The van der Waals surface area contributed by atoms with Gasteiger partial charge in [-0.15, -0.1) is 11.3 Å². The summed E-state index contributed by atoms with van der Waals surface area (Å²) >= 11 is 1.85. The summed E-state index contributed by atoms with van der Waals surface area (Å²) in [5.74, 6) is 0. The molecule has 1 heterocycles. The third-order valence-electron chi connectivity index (χ3n) is 3.64. The lowest BCUT2D eigenvalue weighted by molar-refractivity contribution is 0.257. The third-order valence-corrected chi connectivity index (χ3v) is 4.54. The minimum Gasteiger partial charge on any atom is -0.311 e. The minimum atomic E-state index is 0.590. The molecule has 2 rings (SSSR count). The zero-order chi connectivity index (χ0) is 14.2. The van der Waals surface area contributed by atoms with Gasteiger partial charge >= 0.3 is 0 Å². The highest BCUT2D eigenvalue weighted by atomic mass is 32.1. The van der Waals surface area contributed by atoms with E-state index in [0.29, 0.717) is 6.04 Å². The van der Waals surface area contributed by atoms with E-state index in [1.54, 1.807) is 0 Å². The number of likely N-dealkylation sites (N-methyl/N-ethyl adjacent to an activating group) is 1. The van der Waals surface area contributed by atoms with Crippen LogP contribution in [0.1, 0.15) is 17.4 Å². The topological polar surface area (TPSA) is 15.3 Å². The quantitative estimate of drug-likeness (QED) is 0.749. The molecule has 1 aromatic heterocycles. The molecular formula is C17H24N2S. The highest BCUT2D eigenvalue weighted by molar-refractivity contribution is 7.09. The number of rotatable bonds is 8. The Morgan fingerprint density at radius 3 is 2.65 bits per heavy atom. The Morgan fingerprint density at radius 2 is 1.95 bits per heavy atom. The lowest BCUT2D eigenvalue weighted by Crippen LogP contribution is -2.36. The predicted octanol–water partition coefficient (Wildman–Crippen LogP) is 3.40. The molecule has 20 heavy (non-hydrogen) atoms. The van der Waals surface area contributed by atoms with Crippen LogP contribution < -0.4 is 5.32 Å². The summed E-state index contributed by atoms with van der Waals surface area (Å²) in [6.45, 7) is 5.37. The van der Waals surface area contributed by atoms with Crippen LogP contribution in [0.25, 0.3) is 0 Å². The molecule has 3 heteroatoms. The van der Waals surface area contributed by atoms with E-state index in [1.807, 2.05) is 11.3 Å². The number of hydrogen-bond donors (Lipinski definition) is 1. The van der Waals surface area contributed by atoms with Gasteiger partial charge < -0.3 is 10.2 Å². The first kappa shape index (κ1) is 15.2. The molecule has 0 spiro atoms. The van der Waals surface area contributed by atoms with Crippen LogP contribution in [0.3, 0.4) is 0 Å². The Bertz CT molecular complexity index is 467. The number of nitrogens with zero attached hydrogens (tertiary/aromatic N) is 1. The van der Waals surface area contributed by atoms with Gasteiger partial charge in [0.25, 0.3) is 0 Å². The fourth-order valence-corrected chi connectivity index (χ4v) is 3.01. The molecule has 0 saturated heterocycles. The molecule has 108 valence electrons. The van der Waals surface area contributed by atoms with Gasteiger partial charge in [0, 0.05) is 30.6 Å². The van der Waals surface area contributed by atoms with Crippen LogP contribution in [0, 0.1) is 0 Å². The summed E-state index contributed by atoms with van der Waals surface area (Å²) in [5, 5.41) is 5.66. The normalized spacial score (nSPS) is 12.8. The summed E-state index contributed by atoms with van der Waals surface area (Å²) in [6, 6.07) is 15.5. The van der Waals surface area contributed by atoms with Crippen molar-refractivity contribution in [3.05, 3.63) is 58.3 Å². The summed E-state index contributed by atoms with van der Waals surface area (Å²) in [7, 11) is 2.21. The van der Waals surface area contributed by atoms with Crippen molar-refractivity contribution in [3.63, 3.8) is 0 Å². The first-order valence-electron chi connectivity index (χ1n) is 7.23. The average Bonchev–Trinajstić information content (AvgIpc) is 2.97. The smallest absolute Gasteiger partial charge is 0.0206 e. The molecule has 0 aliphatic carbocycles. The van der Waals surface area contributed by atoms with Gasteiger partial charge in [-0.2, -0.15) is 0 Å². The molecule has 0 amide bonds. The molecule has 1 atom stereocenters. The highest BCUT2D eigenvalue weighted by Crippen LogP contribution is 2.13. The number of benzene rings is 1. The van der Waals surface area contributed by atoms with Crippen LogP contribution in [0.4, 0.5) is 0 Å². The Morgan fingerprint density at radius 1 is 1.15 bits per heavy atom. The Kier molecular flexibility index (Phi) is 6.25. The van der Waals surface area contributed by atoms with Crippen molar-refractivity contribution < 1.29 is 0 Å². The fraction of sp³-hybridized carbons (Fsp3) is 0.412. The van der Waals surface area contributed by atoms with Gasteiger partial charge in [0.1, 0.15) is 0 Å². The maximum absolute atomic E-state index is 3.51. The van der Waals surface area contributed by atoms with Gasteiger partial charge in [-0.05, 0) is 37.4 Å². The molecular weight excluding hydrogens is 264 g/mol. The van der Waals surface area contributed by atoms with E-state index in [0.717, 1.165) is 26.1 Å². The van der Waals surface area contributed by atoms with Crippen LogP contribution in [0.15, 0.2) is 47.8 Å². The summed E-state index contributed by atoms with van der Waals surface area (Å²) in [6.07, 6.45) is 1.15. The fourth-order valence-electron chi connectivity index (χ4n) is 2.18. The summed E-state index contributed by atoms with van der Waals surface area (Å²) < 4.78 is 0. The van der Waals surface area contributed by atoms with Crippen LogP contribution in [0.5, 0.6) is 0 Å². The number of nitrogens with one attached hydrogen (secondary N) is 1. The van der Waals surface area contributed by atoms with Crippen LogP contribution >= 0.6 is 11.3 Å². The highest BCUT2D eigenvalue weighted by Gasteiger charge is 2.09. The van der Waals surface area contributed by atoms with Crippen molar-refractivity contribution in [3.8, 4) is 0 Å². The zero-order valence-electron chi connectivity index (χ0n) is 12.4. The van der Waals surface area contributed by atoms with Crippen LogP contribution in [0.2, 0.25) is 0 Å². The second-order valence-corrected chi connectivity index (χ2v) is 6.31. The molecule has 0 bridgehead atoms. The Balaban J connectivity index is 1.63. The van der Waals surface area contributed by atoms with E-state index in [4.69, 9.17) is 0 Å². The molecule has 0 aliphatic rings. The van der Waals surface area contributed by atoms with E-state index in [2.05, 4.69) is 72.0 Å². The van der Waals surface area contributed by atoms with Gasteiger partial charge in [-0.1, -0.05) is 36.4 Å². The molecule has 0 radical (unpaired) electrons. The van der Waals surface area contributed by atoms with E-state index >= 15 is 0 Å². The van der Waals surface area contributed by atoms with Crippen molar-refractivity contribution in [2.24, 2.45) is 0 Å². The molecule has 0 fully saturated rings. The summed E-state index contributed by atoms with van der Waals surface area (Å²) in [5.41, 5.74) is 1.35. The van der Waals surface area contributed by atoms with Gasteiger partial charge in [0.2, 0.25) is 0 Å². The van der Waals surface area contributed by atoms with Gasteiger partial charge in [0.05, 0.1) is 0 Å². The van der Waals surface area contributed by atoms with Crippen molar-refractivity contribution in [1.82, 2.24) is 10.2 Å². The molecule has 2 nitrogen and oxygen atoms in total. The SMILES string of the molecule is CC(Cc1cccs1)N(C)CCNCc1ccccc1. The van der Waals surface area contributed by atoms with E-state index in [9.17, 15) is 0 Å². The minimum absolute atomic E-state index is 0.590. The molecule has 1 N–H and O–H groups in total. The molecule has 0 aliphatic heterocycles. The largest absolute Gasteiger partial charge is 0.311 e. The van der Waals surface area contributed by atoms with Gasteiger partial charge in [0.15, 0.2) is 0 Å².